The molecule has 102 valence electrons. The normalized spacial score (nSPS) is 23.8. The van der Waals surface area contributed by atoms with E-state index in [1.54, 1.807) is 19.2 Å². The molecule has 1 fully saturated rings. The molecule has 0 radical (unpaired) electrons. The van der Waals surface area contributed by atoms with Crippen LogP contribution in [0.3, 0.4) is 0 Å². The predicted octanol–water partition coefficient (Wildman–Crippen LogP) is 0.905. The first-order valence-corrected chi connectivity index (χ1v) is 6.20. The number of anilines is 1. The number of hydrogen-bond acceptors (Lipinski definition) is 5. The summed E-state index contributed by atoms with van der Waals surface area (Å²) in [7, 11) is 1.68. The summed E-state index contributed by atoms with van der Waals surface area (Å²) < 4.78 is 15.6. The van der Waals surface area contributed by atoms with Crippen LogP contribution >= 0.6 is 0 Å². The zero-order valence-corrected chi connectivity index (χ0v) is 10.6. The SMILES string of the molecule is COC1CC(NC(=O)c2cc3c(cc2N)OCO3)C1. The molecule has 1 aromatic rings. The predicted molar refractivity (Wildman–Crippen MR) is 68.3 cm³/mol. The second-order valence-corrected chi connectivity index (χ2v) is 4.79. The van der Waals surface area contributed by atoms with E-state index < -0.39 is 0 Å². The Hall–Kier alpha value is -1.95. The number of fused-ring (bicyclic) bond motifs is 1. The van der Waals surface area contributed by atoms with Crippen LogP contribution in [-0.4, -0.2) is 32.0 Å². The van der Waals surface area contributed by atoms with Gasteiger partial charge in [0.25, 0.3) is 5.91 Å². The third kappa shape index (κ3) is 2.19. The third-order valence-corrected chi connectivity index (χ3v) is 3.55. The van der Waals surface area contributed by atoms with Crippen LogP contribution in [0.1, 0.15) is 23.2 Å². The van der Waals surface area contributed by atoms with Gasteiger partial charge in [-0.25, -0.2) is 0 Å². The molecule has 3 N–H and O–H groups in total. The first kappa shape index (κ1) is 12.1. The van der Waals surface area contributed by atoms with Gasteiger partial charge in [0.2, 0.25) is 6.79 Å². The van der Waals surface area contributed by atoms with Crippen LogP contribution in [0.15, 0.2) is 12.1 Å². The van der Waals surface area contributed by atoms with E-state index in [4.69, 9.17) is 19.9 Å². The first-order chi connectivity index (χ1) is 9.17. The molecule has 3 rings (SSSR count). The Morgan fingerprint density at radius 2 is 2.05 bits per heavy atom. The number of carbonyl (C=O) groups excluding carboxylic acids is 1. The van der Waals surface area contributed by atoms with Gasteiger partial charge in [-0.1, -0.05) is 0 Å². The summed E-state index contributed by atoms with van der Waals surface area (Å²) >= 11 is 0. The monoisotopic (exact) mass is 264 g/mol. The van der Waals surface area contributed by atoms with E-state index in [-0.39, 0.29) is 24.8 Å². The zero-order chi connectivity index (χ0) is 13.4. The van der Waals surface area contributed by atoms with Gasteiger partial charge in [0, 0.05) is 24.9 Å². The summed E-state index contributed by atoms with van der Waals surface area (Å²) in [5.41, 5.74) is 6.68. The van der Waals surface area contributed by atoms with Gasteiger partial charge < -0.3 is 25.3 Å². The number of rotatable bonds is 3. The second kappa shape index (κ2) is 4.62. The molecule has 1 amide bonds. The molecule has 6 nitrogen and oxygen atoms in total. The number of benzene rings is 1. The van der Waals surface area contributed by atoms with Gasteiger partial charge >= 0.3 is 0 Å². The Morgan fingerprint density at radius 3 is 2.74 bits per heavy atom. The fourth-order valence-electron chi connectivity index (χ4n) is 2.29. The highest BCUT2D eigenvalue weighted by atomic mass is 16.7. The van der Waals surface area contributed by atoms with Crippen molar-refractivity contribution in [3.63, 3.8) is 0 Å². The molecule has 1 aromatic carbocycles. The van der Waals surface area contributed by atoms with Gasteiger partial charge in [-0.3, -0.25) is 4.79 Å². The van der Waals surface area contributed by atoms with Gasteiger partial charge in [0.15, 0.2) is 11.5 Å². The van der Waals surface area contributed by atoms with Crippen molar-refractivity contribution in [2.75, 3.05) is 19.6 Å². The highest BCUT2D eigenvalue weighted by Crippen LogP contribution is 2.36. The molecule has 1 aliphatic heterocycles. The van der Waals surface area contributed by atoms with Crippen LogP contribution in [0, 0.1) is 0 Å². The molecule has 0 saturated heterocycles. The summed E-state index contributed by atoms with van der Waals surface area (Å²) in [6.07, 6.45) is 1.93. The van der Waals surface area contributed by atoms with Crippen LogP contribution in [-0.2, 0) is 4.74 Å². The number of ether oxygens (including phenoxy) is 3. The van der Waals surface area contributed by atoms with Gasteiger partial charge in [-0.2, -0.15) is 0 Å². The van der Waals surface area contributed by atoms with Crippen molar-refractivity contribution in [1.82, 2.24) is 5.32 Å². The molecule has 0 bridgehead atoms. The number of amides is 1. The fourth-order valence-corrected chi connectivity index (χ4v) is 2.29. The Balaban J connectivity index is 1.70. The molecule has 1 aliphatic carbocycles. The summed E-state index contributed by atoms with van der Waals surface area (Å²) in [5, 5.41) is 2.93. The average molecular weight is 264 g/mol. The molecule has 1 heterocycles. The lowest BCUT2D eigenvalue weighted by Gasteiger charge is -2.34. The van der Waals surface area contributed by atoms with Gasteiger partial charge in [-0.15, -0.1) is 0 Å². The minimum Gasteiger partial charge on any atom is -0.454 e. The van der Waals surface area contributed by atoms with Crippen molar-refractivity contribution in [2.45, 2.75) is 25.0 Å². The Bertz CT molecular complexity index is 512. The highest BCUT2D eigenvalue weighted by molar-refractivity contribution is 6.00. The lowest BCUT2D eigenvalue weighted by Crippen LogP contribution is -2.47. The molecule has 2 aliphatic rings. The van der Waals surface area contributed by atoms with E-state index in [0.29, 0.717) is 22.7 Å². The number of carbonyl (C=O) groups is 1. The largest absolute Gasteiger partial charge is 0.454 e. The number of nitrogens with two attached hydrogens (primary N) is 1. The fraction of sp³-hybridized carbons (Fsp3) is 0.462. The van der Waals surface area contributed by atoms with E-state index in [1.165, 1.54) is 0 Å². The summed E-state index contributed by atoms with van der Waals surface area (Å²) in [4.78, 5) is 12.1. The maximum atomic E-state index is 12.1. The van der Waals surface area contributed by atoms with E-state index in [9.17, 15) is 4.79 Å². The first-order valence-electron chi connectivity index (χ1n) is 6.20. The van der Waals surface area contributed by atoms with Gasteiger partial charge in [-0.05, 0) is 18.9 Å². The minimum atomic E-state index is -0.185. The molecular formula is C13H16N2O4. The molecule has 1 saturated carbocycles. The molecule has 0 unspecified atom stereocenters. The maximum absolute atomic E-state index is 12.1. The van der Waals surface area contributed by atoms with E-state index in [1.807, 2.05) is 0 Å². The lowest BCUT2D eigenvalue weighted by molar-refractivity contribution is 0.0176. The van der Waals surface area contributed by atoms with Crippen LogP contribution in [0.4, 0.5) is 5.69 Å². The van der Waals surface area contributed by atoms with E-state index in [2.05, 4.69) is 5.32 Å². The van der Waals surface area contributed by atoms with Crippen LogP contribution in [0.25, 0.3) is 0 Å². The van der Waals surface area contributed by atoms with E-state index in [0.717, 1.165) is 12.8 Å². The van der Waals surface area contributed by atoms with Crippen LogP contribution in [0.2, 0.25) is 0 Å². The van der Waals surface area contributed by atoms with Crippen molar-refractivity contribution >= 4 is 11.6 Å². The lowest BCUT2D eigenvalue weighted by atomic mass is 9.89. The Labute approximate surface area is 110 Å². The van der Waals surface area contributed by atoms with Crippen molar-refractivity contribution < 1.29 is 19.0 Å². The average Bonchev–Trinajstić information content (AvgIpc) is 2.78. The topological polar surface area (TPSA) is 82.8 Å². The number of methoxy groups -OCH3 is 1. The van der Waals surface area contributed by atoms with Crippen molar-refractivity contribution in [3.8, 4) is 11.5 Å². The number of nitrogens with one attached hydrogen (secondary N) is 1. The van der Waals surface area contributed by atoms with Gasteiger partial charge in [0.05, 0.1) is 11.7 Å². The minimum absolute atomic E-state index is 0.155. The Morgan fingerprint density at radius 1 is 1.37 bits per heavy atom. The van der Waals surface area contributed by atoms with Crippen LogP contribution in [0.5, 0.6) is 11.5 Å². The molecule has 6 heteroatoms. The second-order valence-electron chi connectivity index (χ2n) is 4.79. The zero-order valence-electron chi connectivity index (χ0n) is 10.6. The van der Waals surface area contributed by atoms with Crippen molar-refractivity contribution in [1.29, 1.82) is 0 Å². The molecule has 0 atom stereocenters. The molecular weight excluding hydrogens is 248 g/mol. The van der Waals surface area contributed by atoms with E-state index >= 15 is 0 Å². The molecule has 0 aromatic heterocycles. The maximum Gasteiger partial charge on any atom is 0.253 e. The molecule has 19 heavy (non-hydrogen) atoms. The summed E-state index contributed by atoms with van der Waals surface area (Å²) in [6, 6.07) is 3.40. The third-order valence-electron chi connectivity index (χ3n) is 3.55. The number of nitrogen functional groups attached to an aromatic ring is 1. The number of hydrogen-bond donors (Lipinski definition) is 2. The van der Waals surface area contributed by atoms with Crippen LogP contribution < -0.4 is 20.5 Å². The highest BCUT2D eigenvalue weighted by Gasteiger charge is 2.31. The Kier molecular flexibility index (Phi) is 2.94. The smallest absolute Gasteiger partial charge is 0.253 e. The quantitative estimate of drug-likeness (QED) is 0.793. The van der Waals surface area contributed by atoms with Crippen molar-refractivity contribution in [3.05, 3.63) is 17.7 Å². The van der Waals surface area contributed by atoms with Gasteiger partial charge in [0.1, 0.15) is 0 Å². The summed E-state index contributed by atoms with van der Waals surface area (Å²) in [5.74, 6) is 0.954. The van der Waals surface area contributed by atoms with Crippen molar-refractivity contribution in [2.24, 2.45) is 0 Å². The summed E-state index contributed by atoms with van der Waals surface area (Å²) in [6.45, 7) is 0.165. The standard InChI is InChI=1S/C13H16N2O4/c1-17-8-2-7(3-8)15-13(16)9-4-11-12(5-10(9)14)19-6-18-11/h4-5,7-8H,2-3,6,14H2,1H3,(H,15,16). The molecule has 0 spiro atoms.